The Hall–Kier alpha value is -1.88. The second-order valence-corrected chi connectivity index (χ2v) is 5.75. The number of alkyl halides is 1. The zero-order valence-electron chi connectivity index (χ0n) is 11.3. The highest BCUT2D eigenvalue weighted by molar-refractivity contribution is 9.09. The predicted molar refractivity (Wildman–Crippen MR) is 82.3 cm³/mol. The van der Waals surface area contributed by atoms with Crippen LogP contribution in [0.25, 0.3) is 11.1 Å². The summed E-state index contributed by atoms with van der Waals surface area (Å²) in [6, 6.07) is 12.5. The van der Waals surface area contributed by atoms with Crippen LogP contribution in [0, 0.1) is 5.82 Å². The van der Waals surface area contributed by atoms with E-state index < -0.39 is 0 Å². The second kappa shape index (κ2) is 5.85. The number of aromatic nitrogens is 1. The topological polar surface area (TPSA) is 35.3 Å². The van der Waals surface area contributed by atoms with Crippen LogP contribution < -0.4 is 4.74 Å². The van der Waals surface area contributed by atoms with E-state index in [2.05, 4.69) is 20.9 Å². The van der Waals surface area contributed by atoms with Crippen molar-refractivity contribution in [2.45, 2.75) is 11.2 Å². The molecule has 3 aromatic rings. The van der Waals surface area contributed by atoms with Gasteiger partial charge in [0.15, 0.2) is 23.0 Å². The Morgan fingerprint density at radius 2 is 2.10 bits per heavy atom. The Morgan fingerprint density at radius 1 is 1.29 bits per heavy atom. The minimum atomic E-state index is -0.378. The maximum absolute atomic E-state index is 13.7. The first kappa shape index (κ1) is 14.1. The van der Waals surface area contributed by atoms with Crippen LogP contribution in [-0.2, 0) is 6.42 Å². The number of rotatable bonds is 4. The molecule has 0 saturated carbocycles. The van der Waals surface area contributed by atoms with Gasteiger partial charge in [-0.3, -0.25) is 0 Å². The third-order valence-corrected chi connectivity index (χ3v) is 4.08. The quantitative estimate of drug-likeness (QED) is 0.643. The van der Waals surface area contributed by atoms with Crippen molar-refractivity contribution < 1.29 is 13.5 Å². The smallest absolute Gasteiger partial charge is 0.196 e. The van der Waals surface area contributed by atoms with Gasteiger partial charge in [-0.2, -0.15) is 0 Å². The molecule has 1 heterocycles. The van der Waals surface area contributed by atoms with Crippen LogP contribution in [0.4, 0.5) is 4.39 Å². The number of halogens is 2. The normalized spacial score (nSPS) is 12.5. The van der Waals surface area contributed by atoms with Gasteiger partial charge >= 0.3 is 0 Å². The van der Waals surface area contributed by atoms with Gasteiger partial charge in [-0.05, 0) is 29.8 Å². The third kappa shape index (κ3) is 2.93. The van der Waals surface area contributed by atoms with E-state index in [-0.39, 0.29) is 16.4 Å². The lowest BCUT2D eigenvalue weighted by atomic mass is 10.1. The molecule has 1 aromatic heterocycles. The van der Waals surface area contributed by atoms with Gasteiger partial charge < -0.3 is 9.15 Å². The molecule has 3 nitrogen and oxygen atoms in total. The van der Waals surface area contributed by atoms with Crippen molar-refractivity contribution in [2.75, 3.05) is 7.11 Å². The first-order chi connectivity index (χ1) is 10.2. The van der Waals surface area contributed by atoms with Crippen LogP contribution in [0.15, 0.2) is 46.9 Å². The van der Waals surface area contributed by atoms with E-state index in [4.69, 9.17) is 9.15 Å². The molecule has 21 heavy (non-hydrogen) atoms. The SMILES string of the molecule is COc1ccc(C(Br)Cc2nc3ccccc3o2)cc1F. The lowest BCUT2D eigenvalue weighted by Gasteiger charge is -2.09. The number of nitrogens with zero attached hydrogens (tertiary/aromatic N) is 1. The molecule has 0 aliphatic heterocycles. The van der Waals surface area contributed by atoms with E-state index in [9.17, 15) is 4.39 Å². The van der Waals surface area contributed by atoms with Crippen molar-refractivity contribution in [3.8, 4) is 5.75 Å². The summed E-state index contributed by atoms with van der Waals surface area (Å²) in [6.45, 7) is 0. The Kier molecular flexibility index (Phi) is 3.92. The van der Waals surface area contributed by atoms with Gasteiger partial charge in [0.05, 0.1) is 7.11 Å². The number of benzene rings is 2. The van der Waals surface area contributed by atoms with Crippen molar-refractivity contribution in [1.29, 1.82) is 0 Å². The van der Waals surface area contributed by atoms with Crippen LogP contribution in [0.5, 0.6) is 5.75 Å². The van der Waals surface area contributed by atoms with Crippen molar-refractivity contribution >= 4 is 27.0 Å². The summed E-state index contributed by atoms with van der Waals surface area (Å²) in [6.07, 6.45) is 0.542. The highest BCUT2D eigenvalue weighted by Gasteiger charge is 2.15. The minimum absolute atomic E-state index is 0.0778. The summed E-state index contributed by atoms with van der Waals surface area (Å²) < 4.78 is 24.3. The summed E-state index contributed by atoms with van der Waals surface area (Å²) in [5.74, 6) is 0.478. The lowest BCUT2D eigenvalue weighted by Crippen LogP contribution is -1.97. The summed E-state index contributed by atoms with van der Waals surface area (Å²) in [5, 5.41) is 0. The van der Waals surface area contributed by atoms with Gasteiger partial charge in [0.1, 0.15) is 5.52 Å². The number of methoxy groups -OCH3 is 1. The van der Waals surface area contributed by atoms with E-state index in [0.717, 1.165) is 16.7 Å². The van der Waals surface area contributed by atoms with E-state index in [1.807, 2.05) is 30.3 Å². The van der Waals surface area contributed by atoms with Crippen LogP contribution in [0.1, 0.15) is 16.3 Å². The highest BCUT2D eigenvalue weighted by Crippen LogP contribution is 2.30. The largest absolute Gasteiger partial charge is 0.494 e. The fourth-order valence-electron chi connectivity index (χ4n) is 2.16. The van der Waals surface area contributed by atoms with Crippen LogP contribution in [0.2, 0.25) is 0 Å². The summed E-state index contributed by atoms with van der Waals surface area (Å²) in [7, 11) is 1.45. The number of fused-ring (bicyclic) bond motifs is 1. The number of oxazole rings is 1. The molecule has 0 saturated heterocycles. The van der Waals surface area contributed by atoms with Crippen LogP contribution in [0.3, 0.4) is 0 Å². The lowest BCUT2D eigenvalue weighted by molar-refractivity contribution is 0.386. The molecule has 5 heteroatoms. The van der Waals surface area contributed by atoms with Crippen LogP contribution >= 0.6 is 15.9 Å². The molecule has 1 atom stereocenters. The standard InChI is InChI=1S/C16H13BrFNO2/c1-20-14-7-6-10(8-12(14)18)11(17)9-16-19-13-4-2-3-5-15(13)21-16/h2-8,11H,9H2,1H3. The molecule has 2 aromatic carbocycles. The van der Waals surface area contributed by atoms with Crippen molar-refractivity contribution in [2.24, 2.45) is 0 Å². The summed E-state index contributed by atoms with van der Waals surface area (Å²) in [4.78, 5) is 4.34. The molecule has 0 fully saturated rings. The number of ether oxygens (including phenoxy) is 1. The van der Waals surface area contributed by atoms with Crippen molar-refractivity contribution in [3.63, 3.8) is 0 Å². The van der Waals surface area contributed by atoms with Gasteiger partial charge in [-0.15, -0.1) is 0 Å². The minimum Gasteiger partial charge on any atom is -0.494 e. The first-order valence-electron chi connectivity index (χ1n) is 6.49. The van der Waals surface area contributed by atoms with Gasteiger partial charge in [0.25, 0.3) is 0 Å². The zero-order chi connectivity index (χ0) is 14.8. The van der Waals surface area contributed by atoms with E-state index in [1.54, 1.807) is 6.07 Å². The molecular formula is C16H13BrFNO2. The third-order valence-electron chi connectivity index (χ3n) is 3.23. The average molecular weight is 350 g/mol. The molecule has 0 N–H and O–H groups in total. The van der Waals surface area contributed by atoms with E-state index in [0.29, 0.717) is 12.3 Å². The average Bonchev–Trinajstić information content (AvgIpc) is 2.89. The van der Waals surface area contributed by atoms with Gasteiger partial charge in [0, 0.05) is 11.2 Å². The van der Waals surface area contributed by atoms with E-state index >= 15 is 0 Å². The number of para-hydroxylation sites is 2. The maximum atomic E-state index is 13.7. The molecular weight excluding hydrogens is 337 g/mol. The van der Waals surface area contributed by atoms with Crippen molar-refractivity contribution in [3.05, 3.63) is 59.7 Å². The Balaban J connectivity index is 1.82. The Labute approximate surface area is 129 Å². The Morgan fingerprint density at radius 3 is 2.81 bits per heavy atom. The van der Waals surface area contributed by atoms with E-state index in [1.165, 1.54) is 13.2 Å². The summed E-state index contributed by atoms with van der Waals surface area (Å²) in [5.41, 5.74) is 2.40. The molecule has 0 bridgehead atoms. The molecule has 1 unspecified atom stereocenters. The molecule has 108 valence electrons. The zero-order valence-corrected chi connectivity index (χ0v) is 12.9. The molecule has 0 radical (unpaired) electrons. The monoisotopic (exact) mass is 349 g/mol. The molecule has 0 aliphatic carbocycles. The van der Waals surface area contributed by atoms with Gasteiger partial charge in [-0.1, -0.05) is 34.1 Å². The fraction of sp³-hybridized carbons (Fsp3) is 0.188. The predicted octanol–water partition coefficient (Wildman–Crippen LogP) is 4.65. The number of hydrogen-bond acceptors (Lipinski definition) is 3. The highest BCUT2D eigenvalue weighted by atomic mass is 79.9. The molecule has 0 amide bonds. The molecule has 0 aliphatic rings. The summed E-state index contributed by atoms with van der Waals surface area (Å²) >= 11 is 3.55. The van der Waals surface area contributed by atoms with Crippen molar-refractivity contribution in [1.82, 2.24) is 4.98 Å². The number of hydrogen-bond donors (Lipinski definition) is 0. The Bertz CT molecular complexity index is 739. The second-order valence-electron chi connectivity index (χ2n) is 4.64. The fourth-order valence-corrected chi connectivity index (χ4v) is 2.72. The molecule has 3 rings (SSSR count). The first-order valence-corrected chi connectivity index (χ1v) is 7.41. The van der Waals surface area contributed by atoms with Crippen LogP contribution in [-0.4, -0.2) is 12.1 Å². The van der Waals surface area contributed by atoms with Gasteiger partial charge in [0.2, 0.25) is 0 Å². The van der Waals surface area contributed by atoms with Gasteiger partial charge in [-0.25, -0.2) is 9.37 Å². The molecule has 0 spiro atoms. The maximum Gasteiger partial charge on any atom is 0.196 e.